The van der Waals surface area contributed by atoms with Gasteiger partial charge in [0.05, 0.1) is 5.25 Å². The summed E-state index contributed by atoms with van der Waals surface area (Å²) < 4.78 is 0. The van der Waals surface area contributed by atoms with E-state index in [2.05, 4.69) is 0 Å². The lowest BCUT2D eigenvalue weighted by molar-refractivity contribution is -0.479. The van der Waals surface area contributed by atoms with Crippen molar-refractivity contribution in [2.75, 3.05) is 12.3 Å². The highest BCUT2D eigenvalue weighted by molar-refractivity contribution is 7.99. The number of halogens is 1. The number of anilines is 1. The number of hydrogen-bond acceptors (Lipinski definition) is 4. The molecule has 1 atom stereocenters. The van der Waals surface area contributed by atoms with Crippen molar-refractivity contribution < 1.29 is 4.92 Å². The van der Waals surface area contributed by atoms with E-state index in [-0.39, 0.29) is 16.7 Å². The fourth-order valence-corrected chi connectivity index (χ4v) is 2.97. The molecule has 20 heavy (non-hydrogen) atoms. The lowest BCUT2D eigenvalue weighted by Crippen LogP contribution is -2.09. The van der Waals surface area contributed by atoms with E-state index < -0.39 is 0 Å². The average Bonchev–Trinajstić information content (AvgIpc) is 2.41. The van der Waals surface area contributed by atoms with Crippen LogP contribution in [-0.2, 0) is 0 Å². The summed E-state index contributed by atoms with van der Waals surface area (Å²) in [5, 5.41) is 11.2. The third-order valence-electron chi connectivity index (χ3n) is 2.72. The number of hydrogen-bond donors (Lipinski definition) is 1. The Hall–Kier alpha value is -1.72. The number of nitrogens with zero attached hydrogens (tertiary/aromatic N) is 1. The van der Waals surface area contributed by atoms with Gasteiger partial charge in [0, 0.05) is 20.5 Å². The quantitative estimate of drug-likeness (QED) is 0.392. The Labute approximate surface area is 126 Å². The third kappa shape index (κ3) is 4.15. The highest BCUT2D eigenvalue weighted by atomic mass is 35.5. The van der Waals surface area contributed by atoms with E-state index in [1.54, 1.807) is 24.3 Å². The molecule has 0 spiro atoms. The second-order valence-corrected chi connectivity index (χ2v) is 5.95. The van der Waals surface area contributed by atoms with Gasteiger partial charge >= 0.3 is 0 Å². The summed E-state index contributed by atoms with van der Waals surface area (Å²) in [6.07, 6.45) is 0. The summed E-state index contributed by atoms with van der Waals surface area (Å²) in [7, 11) is 0. The van der Waals surface area contributed by atoms with Crippen molar-refractivity contribution in [3.8, 4) is 0 Å². The Morgan fingerprint density at radius 1 is 1.15 bits per heavy atom. The largest absolute Gasteiger partial charge is 0.399 e. The fraction of sp³-hybridized carbons (Fsp3) is 0.143. The number of thioether (sulfide) groups is 1. The maximum atomic E-state index is 10.8. The minimum Gasteiger partial charge on any atom is -0.399 e. The van der Waals surface area contributed by atoms with Gasteiger partial charge in [-0.1, -0.05) is 23.7 Å². The zero-order chi connectivity index (χ0) is 14.5. The lowest BCUT2D eigenvalue weighted by atomic mass is 10.1. The summed E-state index contributed by atoms with van der Waals surface area (Å²) in [5.41, 5.74) is 7.19. The van der Waals surface area contributed by atoms with Gasteiger partial charge < -0.3 is 5.73 Å². The monoisotopic (exact) mass is 308 g/mol. The van der Waals surface area contributed by atoms with Gasteiger partial charge in [-0.3, -0.25) is 10.1 Å². The zero-order valence-electron chi connectivity index (χ0n) is 10.5. The highest BCUT2D eigenvalue weighted by Gasteiger charge is 2.19. The molecular formula is C14H13ClN2O2S. The van der Waals surface area contributed by atoms with Crippen molar-refractivity contribution in [2.45, 2.75) is 10.1 Å². The van der Waals surface area contributed by atoms with Crippen LogP contribution in [0.3, 0.4) is 0 Å². The van der Waals surface area contributed by atoms with Crippen molar-refractivity contribution in [3.05, 3.63) is 69.2 Å². The van der Waals surface area contributed by atoms with Gasteiger partial charge in [-0.2, -0.15) is 0 Å². The molecule has 0 aliphatic carbocycles. The average molecular weight is 309 g/mol. The van der Waals surface area contributed by atoms with Gasteiger partial charge in [0.15, 0.2) is 0 Å². The molecule has 104 valence electrons. The van der Waals surface area contributed by atoms with Gasteiger partial charge in [0.1, 0.15) is 0 Å². The van der Waals surface area contributed by atoms with Crippen molar-refractivity contribution in [1.82, 2.24) is 0 Å². The Bertz CT molecular complexity index is 587. The first-order valence-corrected chi connectivity index (χ1v) is 7.20. The number of nitrogens with two attached hydrogens (primary N) is 1. The first-order chi connectivity index (χ1) is 9.54. The molecule has 0 amide bonds. The molecule has 2 aromatic rings. The first-order valence-electron chi connectivity index (χ1n) is 5.94. The predicted molar refractivity (Wildman–Crippen MR) is 82.8 cm³/mol. The Morgan fingerprint density at radius 2 is 1.75 bits per heavy atom. The highest BCUT2D eigenvalue weighted by Crippen LogP contribution is 2.36. The molecule has 0 radical (unpaired) electrons. The molecule has 6 heteroatoms. The topological polar surface area (TPSA) is 69.2 Å². The van der Waals surface area contributed by atoms with Gasteiger partial charge in [0.25, 0.3) is 0 Å². The van der Waals surface area contributed by atoms with Crippen molar-refractivity contribution in [2.24, 2.45) is 0 Å². The van der Waals surface area contributed by atoms with E-state index >= 15 is 0 Å². The second kappa shape index (κ2) is 6.63. The summed E-state index contributed by atoms with van der Waals surface area (Å²) in [6.45, 7) is -0.142. The first kappa shape index (κ1) is 14.7. The van der Waals surface area contributed by atoms with Crippen LogP contribution in [0.25, 0.3) is 0 Å². The van der Waals surface area contributed by atoms with Crippen LogP contribution in [0.15, 0.2) is 53.4 Å². The van der Waals surface area contributed by atoms with Crippen molar-refractivity contribution >= 4 is 29.1 Å². The van der Waals surface area contributed by atoms with Crippen LogP contribution in [0, 0.1) is 10.1 Å². The molecule has 0 saturated carbocycles. The second-order valence-electron chi connectivity index (χ2n) is 4.24. The summed E-state index contributed by atoms with van der Waals surface area (Å²) >= 11 is 7.29. The van der Waals surface area contributed by atoms with Crippen LogP contribution in [0.4, 0.5) is 5.69 Å². The maximum Gasteiger partial charge on any atom is 0.220 e. The predicted octanol–water partition coefficient (Wildman–Crippen LogP) is 4.03. The van der Waals surface area contributed by atoms with E-state index in [4.69, 9.17) is 17.3 Å². The Balaban J connectivity index is 2.21. The molecule has 0 saturated heterocycles. The number of nitro groups is 1. The van der Waals surface area contributed by atoms with Crippen LogP contribution < -0.4 is 5.73 Å². The fourth-order valence-electron chi connectivity index (χ4n) is 1.73. The Kier molecular flexibility index (Phi) is 4.87. The molecule has 0 heterocycles. The smallest absolute Gasteiger partial charge is 0.220 e. The van der Waals surface area contributed by atoms with Crippen LogP contribution >= 0.6 is 23.4 Å². The SMILES string of the molecule is Nc1ccc(S[C@H](C[N+](=O)[O-])c2ccc(Cl)cc2)cc1. The molecule has 0 unspecified atom stereocenters. The molecule has 0 aliphatic heterocycles. The van der Waals surface area contributed by atoms with Gasteiger partial charge in [-0.05, 0) is 42.0 Å². The molecular weight excluding hydrogens is 296 g/mol. The number of rotatable bonds is 5. The Morgan fingerprint density at radius 3 is 2.30 bits per heavy atom. The number of benzene rings is 2. The van der Waals surface area contributed by atoms with Crippen LogP contribution in [0.1, 0.15) is 10.8 Å². The van der Waals surface area contributed by atoms with Crippen LogP contribution in [0.2, 0.25) is 5.02 Å². The number of nitrogen functional groups attached to an aromatic ring is 1. The van der Waals surface area contributed by atoms with E-state index in [1.807, 2.05) is 24.3 Å². The van der Waals surface area contributed by atoms with E-state index in [0.717, 1.165) is 10.5 Å². The van der Waals surface area contributed by atoms with E-state index in [1.165, 1.54) is 11.8 Å². The van der Waals surface area contributed by atoms with Gasteiger partial charge in [-0.25, -0.2) is 0 Å². The van der Waals surface area contributed by atoms with E-state index in [9.17, 15) is 10.1 Å². The zero-order valence-corrected chi connectivity index (χ0v) is 12.1. The molecule has 0 aromatic heterocycles. The van der Waals surface area contributed by atoms with Crippen molar-refractivity contribution in [1.29, 1.82) is 0 Å². The maximum absolute atomic E-state index is 10.8. The molecule has 2 aromatic carbocycles. The summed E-state index contributed by atoms with van der Waals surface area (Å²) in [5.74, 6) is 0. The normalized spacial score (nSPS) is 12.1. The van der Waals surface area contributed by atoms with Gasteiger partial charge in [-0.15, -0.1) is 11.8 Å². The van der Waals surface area contributed by atoms with E-state index in [0.29, 0.717) is 10.7 Å². The standard InChI is InChI=1S/C14H13ClN2O2S/c15-11-3-1-10(2-4-11)14(9-17(18)19)20-13-7-5-12(16)6-8-13/h1-8,14H,9,16H2/t14-/m1/s1. The minimum atomic E-state index is -0.302. The summed E-state index contributed by atoms with van der Waals surface area (Å²) in [6, 6.07) is 14.4. The van der Waals surface area contributed by atoms with Crippen LogP contribution in [0.5, 0.6) is 0 Å². The van der Waals surface area contributed by atoms with Crippen molar-refractivity contribution in [3.63, 3.8) is 0 Å². The molecule has 2 rings (SSSR count). The third-order valence-corrected chi connectivity index (χ3v) is 4.22. The molecule has 0 bridgehead atoms. The minimum absolute atomic E-state index is 0.142. The van der Waals surface area contributed by atoms with Crippen LogP contribution in [-0.4, -0.2) is 11.5 Å². The molecule has 4 nitrogen and oxygen atoms in total. The summed E-state index contributed by atoms with van der Waals surface area (Å²) in [4.78, 5) is 11.5. The lowest BCUT2D eigenvalue weighted by Gasteiger charge is -2.13. The molecule has 0 fully saturated rings. The van der Waals surface area contributed by atoms with Gasteiger partial charge in [0.2, 0.25) is 6.54 Å². The molecule has 0 aliphatic rings. The molecule has 2 N–H and O–H groups in total.